The topological polar surface area (TPSA) is 44.1 Å². The second-order valence-corrected chi connectivity index (χ2v) is 8.00. The van der Waals surface area contributed by atoms with Crippen molar-refractivity contribution in [3.05, 3.63) is 99.6 Å². The van der Waals surface area contributed by atoms with E-state index < -0.39 is 0 Å². The minimum absolute atomic E-state index is 0.0711. The summed E-state index contributed by atoms with van der Waals surface area (Å²) in [7, 11) is 0. The molecule has 162 valence electrons. The lowest BCUT2D eigenvalue weighted by molar-refractivity contribution is 0.309. The Labute approximate surface area is 188 Å². The lowest BCUT2D eigenvalue weighted by Gasteiger charge is -2.13. The Hall–Kier alpha value is -3.66. The summed E-state index contributed by atoms with van der Waals surface area (Å²) < 4.78 is 7.43. The molecular weight excluding hydrogens is 396 g/mol. The zero-order valence-corrected chi connectivity index (χ0v) is 18.8. The van der Waals surface area contributed by atoms with E-state index in [1.54, 1.807) is 4.57 Å². The van der Waals surface area contributed by atoms with E-state index in [-0.39, 0.29) is 5.56 Å². The highest BCUT2D eigenvalue weighted by atomic mass is 16.5. The van der Waals surface area contributed by atoms with Crippen LogP contribution in [-0.2, 0) is 0 Å². The number of fused-ring (bicyclic) bond motifs is 1. The predicted octanol–water partition coefficient (Wildman–Crippen LogP) is 6.35. The van der Waals surface area contributed by atoms with Gasteiger partial charge in [-0.05, 0) is 79.4 Å². The fourth-order valence-corrected chi connectivity index (χ4v) is 3.56. The maximum Gasteiger partial charge on any atom is 0.266 e. The largest absolute Gasteiger partial charge is 0.494 e. The molecule has 0 N–H and O–H groups in total. The van der Waals surface area contributed by atoms with E-state index in [0.29, 0.717) is 16.7 Å². The number of aromatic nitrogens is 2. The molecule has 4 nitrogen and oxygen atoms in total. The molecule has 0 aliphatic rings. The van der Waals surface area contributed by atoms with Gasteiger partial charge in [0.15, 0.2) is 0 Å². The van der Waals surface area contributed by atoms with Gasteiger partial charge in [0.2, 0.25) is 0 Å². The number of benzene rings is 3. The van der Waals surface area contributed by atoms with Gasteiger partial charge in [0.1, 0.15) is 11.6 Å². The second kappa shape index (κ2) is 9.65. The van der Waals surface area contributed by atoms with Crippen LogP contribution in [0.25, 0.3) is 28.7 Å². The number of hydrogen-bond donors (Lipinski definition) is 0. The zero-order chi connectivity index (χ0) is 22.5. The fraction of sp³-hybridized carbons (Fsp3) is 0.214. The SMILES string of the molecule is CCCCOc1ccc(/C=C/c2nc3ccccc3c(=O)n2-c2ccc(C)c(C)c2)cc1. The predicted molar refractivity (Wildman–Crippen MR) is 133 cm³/mol. The molecule has 4 rings (SSSR count). The molecule has 0 aliphatic carbocycles. The van der Waals surface area contributed by atoms with Crippen LogP contribution in [-0.4, -0.2) is 16.2 Å². The van der Waals surface area contributed by atoms with Gasteiger partial charge in [-0.25, -0.2) is 4.98 Å². The zero-order valence-electron chi connectivity index (χ0n) is 18.8. The Kier molecular flexibility index (Phi) is 6.50. The summed E-state index contributed by atoms with van der Waals surface area (Å²) in [6, 6.07) is 21.5. The summed E-state index contributed by atoms with van der Waals surface area (Å²) >= 11 is 0. The van der Waals surface area contributed by atoms with Gasteiger partial charge in [0.05, 0.1) is 23.2 Å². The molecule has 0 amide bonds. The number of rotatable bonds is 7. The van der Waals surface area contributed by atoms with Crippen LogP contribution in [0.3, 0.4) is 0 Å². The van der Waals surface area contributed by atoms with Crippen LogP contribution in [0.15, 0.2) is 71.5 Å². The number of aryl methyl sites for hydroxylation is 2. The summed E-state index contributed by atoms with van der Waals surface area (Å²) in [5.74, 6) is 1.46. The van der Waals surface area contributed by atoms with Gasteiger partial charge >= 0.3 is 0 Å². The highest BCUT2D eigenvalue weighted by Gasteiger charge is 2.11. The number of unbranched alkanes of at least 4 members (excludes halogenated alkanes) is 1. The maximum absolute atomic E-state index is 13.4. The van der Waals surface area contributed by atoms with Crippen LogP contribution in [0.5, 0.6) is 5.75 Å². The van der Waals surface area contributed by atoms with Crippen molar-refractivity contribution in [3.8, 4) is 11.4 Å². The van der Waals surface area contributed by atoms with Gasteiger partial charge in [-0.1, -0.05) is 49.8 Å². The molecule has 0 radical (unpaired) electrons. The number of nitrogens with zero attached hydrogens (tertiary/aromatic N) is 2. The van der Waals surface area contributed by atoms with E-state index >= 15 is 0 Å². The quantitative estimate of drug-likeness (QED) is 0.325. The molecule has 0 fully saturated rings. The minimum atomic E-state index is -0.0711. The van der Waals surface area contributed by atoms with Crippen molar-refractivity contribution in [1.29, 1.82) is 0 Å². The first-order chi connectivity index (χ1) is 15.6. The van der Waals surface area contributed by atoms with E-state index in [1.807, 2.05) is 78.9 Å². The first-order valence-corrected chi connectivity index (χ1v) is 11.1. The normalized spacial score (nSPS) is 11.3. The van der Waals surface area contributed by atoms with Gasteiger partial charge in [-0.3, -0.25) is 9.36 Å². The van der Waals surface area contributed by atoms with Crippen molar-refractivity contribution in [3.63, 3.8) is 0 Å². The van der Waals surface area contributed by atoms with Crippen molar-refractivity contribution in [1.82, 2.24) is 9.55 Å². The molecular formula is C28H28N2O2. The smallest absolute Gasteiger partial charge is 0.266 e. The van der Waals surface area contributed by atoms with Gasteiger partial charge in [-0.15, -0.1) is 0 Å². The average molecular weight is 425 g/mol. The van der Waals surface area contributed by atoms with Crippen molar-refractivity contribution >= 4 is 23.1 Å². The minimum Gasteiger partial charge on any atom is -0.494 e. The van der Waals surface area contributed by atoms with E-state index in [0.717, 1.165) is 42.0 Å². The third-order valence-corrected chi connectivity index (χ3v) is 5.62. The Morgan fingerprint density at radius 2 is 1.72 bits per heavy atom. The first-order valence-electron chi connectivity index (χ1n) is 11.1. The molecule has 1 aromatic heterocycles. The molecule has 3 aromatic carbocycles. The van der Waals surface area contributed by atoms with Crippen LogP contribution < -0.4 is 10.3 Å². The van der Waals surface area contributed by atoms with Crippen LogP contribution in [0.1, 0.15) is 42.3 Å². The van der Waals surface area contributed by atoms with Gasteiger partial charge in [0, 0.05) is 0 Å². The summed E-state index contributed by atoms with van der Waals surface area (Å²) in [6.45, 7) is 7.00. The average Bonchev–Trinajstić information content (AvgIpc) is 2.81. The van der Waals surface area contributed by atoms with Crippen LogP contribution in [0.4, 0.5) is 0 Å². The van der Waals surface area contributed by atoms with Gasteiger partial charge in [-0.2, -0.15) is 0 Å². The summed E-state index contributed by atoms with van der Waals surface area (Å²) in [5, 5.41) is 0.608. The fourth-order valence-electron chi connectivity index (χ4n) is 3.56. The lowest BCUT2D eigenvalue weighted by atomic mass is 10.1. The van der Waals surface area contributed by atoms with Gasteiger partial charge in [0.25, 0.3) is 5.56 Å². The van der Waals surface area contributed by atoms with Crippen LogP contribution in [0.2, 0.25) is 0 Å². The van der Waals surface area contributed by atoms with Gasteiger partial charge < -0.3 is 4.74 Å². The molecule has 0 bridgehead atoms. The van der Waals surface area contributed by atoms with E-state index in [4.69, 9.17) is 9.72 Å². The monoisotopic (exact) mass is 424 g/mol. The van der Waals surface area contributed by atoms with Crippen molar-refractivity contribution in [2.45, 2.75) is 33.6 Å². The maximum atomic E-state index is 13.4. The summed E-state index contributed by atoms with van der Waals surface area (Å²) in [5.41, 5.74) is 4.78. The number of hydrogen-bond acceptors (Lipinski definition) is 3. The third-order valence-electron chi connectivity index (χ3n) is 5.62. The Morgan fingerprint density at radius 1 is 0.938 bits per heavy atom. The highest BCUT2D eigenvalue weighted by Crippen LogP contribution is 2.19. The van der Waals surface area contributed by atoms with E-state index in [9.17, 15) is 4.79 Å². The molecule has 0 unspecified atom stereocenters. The van der Waals surface area contributed by atoms with Crippen LogP contribution in [0, 0.1) is 13.8 Å². The number of para-hydroxylation sites is 1. The number of ether oxygens (including phenoxy) is 1. The highest BCUT2D eigenvalue weighted by molar-refractivity contribution is 5.80. The molecule has 0 atom stereocenters. The third kappa shape index (κ3) is 4.65. The van der Waals surface area contributed by atoms with E-state index in [1.165, 1.54) is 5.56 Å². The summed E-state index contributed by atoms with van der Waals surface area (Å²) in [6.07, 6.45) is 6.03. The Bertz CT molecular complexity index is 1320. The molecule has 0 aliphatic heterocycles. The summed E-state index contributed by atoms with van der Waals surface area (Å²) in [4.78, 5) is 18.2. The van der Waals surface area contributed by atoms with Crippen LogP contribution >= 0.6 is 0 Å². The Morgan fingerprint density at radius 3 is 2.47 bits per heavy atom. The molecule has 32 heavy (non-hydrogen) atoms. The second-order valence-electron chi connectivity index (χ2n) is 8.00. The molecule has 0 saturated carbocycles. The first kappa shape index (κ1) is 21.6. The van der Waals surface area contributed by atoms with Crippen molar-refractivity contribution in [2.24, 2.45) is 0 Å². The molecule has 4 heteroatoms. The van der Waals surface area contributed by atoms with Crippen molar-refractivity contribution < 1.29 is 4.74 Å². The van der Waals surface area contributed by atoms with Crippen molar-refractivity contribution in [2.75, 3.05) is 6.61 Å². The molecule has 0 saturated heterocycles. The Balaban J connectivity index is 1.74. The molecule has 0 spiro atoms. The standard InChI is InChI=1S/C28H28N2O2/c1-4-5-18-32-24-15-11-22(12-16-24)13-17-27-29-26-9-7-6-8-25(26)28(31)30(27)23-14-10-20(2)21(3)19-23/h6-17,19H,4-5,18H2,1-3H3/b17-13+. The lowest BCUT2D eigenvalue weighted by Crippen LogP contribution is -2.22. The van der Waals surface area contributed by atoms with E-state index in [2.05, 4.69) is 20.8 Å². The molecule has 4 aromatic rings. The molecule has 1 heterocycles.